The van der Waals surface area contributed by atoms with Gasteiger partial charge in [-0.05, 0) is 24.1 Å². The molecule has 0 saturated carbocycles. The number of rotatable bonds is 2. The lowest BCUT2D eigenvalue weighted by atomic mass is 10.1. The lowest BCUT2D eigenvalue weighted by molar-refractivity contribution is 0.769. The minimum atomic E-state index is 0.441. The molecule has 0 fully saturated rings. The number of nitrogen functional groups attached to an aromatic ring is 1. The molecule has 1 aromatic heterocycles. The van der Waals surface area contributed by atoms with Crippen molar-refractivity contribution < 1.29 is 0 Å². The lowest BCUT2D eigenvalue weighted by Crippen LogP contribution is -2.01. The van der Waals surface area contributed by atoms with Gasteiger partial charge in [0.1, 0.15) is 0 Å². The minimum absolute atomic E-state index is 0.441. The predicted octanol–water partition coefficient (Wildman–Crippen LogP) is 2.58. The van der Waals surface area contributed by atoms with Crippen molar-refractivity contribution in [1.82, 2.24) is 9.78 Å². The molecule has 1 heterocycles. The van der Waals surface area contributed by atoms with Gasteiger partial charge < -0.3 is 5.73 Å². The molecule has 0 bridgehead atoms. The Labute approximate surface area is 89.5 Å². The zero-order chi connectivity index (χ0) is 10.8. The maximum absolute atomic E-state index is 5.88. The Morgan fingerprint density at radius 2 is 1.93 bits per heavy atom. The molecule has 3 heteroatoms. The molecule has 0 saturated heterocycles. The summed E-state index contributed by atoms with van der Waals surface area (Å²) in [6.07, 6.45) is 1.95. The molecule has 3 nitrogen and oxygen atoms in total. The SMILES string of the molecule is CC(C)c1ccn(-c2ccccc2N)n1. The van der Waals surface area contributed by atoms with Crippen molar-refractivity contribution in [2.24, 2.45) is 0 Å². The van der Waals surface area contributed by atoms with Crippen LogP contribution in [-0.2, 0) is 0 Å². The van der Waals surface area contributed by atoms with Crippen molar-refractivity contribution in [3.05, 3.63) is 42.2 Å². The Hall–Kier alpha value is -1.77. The largest absolute Gasteiger partial charge is 0.397 e. The van der Waals surface area contributed by atoms with Gasteiger partial charge in [0.05, 0.1) is 17.1 Å². The molecule has 0 radical (unpaired) electrons. The Morgan fingerprint density at radius 3 is 2.53 bits per heavy atom. The molecule has 2 N–H and O–H groups in total. The monoisotopic (exact) mass is 201 g/mol. The van der Waals surface area contributed by atoms with Crippen LogP contribution in [0.4, 0.5) is 5.69 Å². The van der Waals surface area contributed by atoms with E-state index in [1.807, 2.05) is 41.2 Å². The van der Waals surface area contributed by atoms with E-state index in [1.165, 1.54) is 0 Å². The molecule has 0 spiro atoms. The number of aromatic nitrogens is 2. The summed E-state index contributed by atoms with van der Waals surface area (Å²) in [6, 6.07) is 9.75. The van der Waals surface area contributed by atoms with Crippen LogP contribution in [0.25, 0.3) is 5.69 Å². The van der Waals surface area contributed by atoms with Crippen LogP contribution in [-0.4, -0.2) is 9.78 Å². The third-order valence-electron chi connectivity index (χ3n) is 2.38. The number of para-hydroxylation sites is 2. The molecule has 0 aliphatic carbocycles. The smallest absolute Gasteiger partial charge is 0.0874 e. The summed E-state index contributed by atoms with van der Waals surface area (Å²) in [4.78, 5) is 0. The topological polar surface area (TPSA) is 43.8 Å². The van der Waals surface area contributed by atoms with E-state index < -0.39 is 0 Å². The summed E-state index contributed by atoms with van der Waals surface area (Å²) in [7, 11) is 0. The molecule has 0 aliphatic heterocycles. The van der Waals surface area contributed by atoms with E-state index in [0.29, 0.717) is 5.92 Å². The van der Waals surface area contributed by atoms with E-state index in [9.17, 15) is 0 Å². The molecule has 0 atom stereocenters. The van der Waals surface area contributed by atoms with Crippen molar-refractivity contribution in [2.45, 2.75) is 19.8 Å². The van der Waals surface area contributed by atoms with E-state index in [-0.39, 0.29) is 0 Å². The van der Waals surface area contributed by atoms with Crippen molar-refractivity contribution >= 4 is 5.69 Å². The van der Waals surface area contributed by atoms with Crippen LogP contribution < -0.4 is 5.73 Å². The first-order valence-corrected chi connectivity index (χ1v) is 5.09. The number of hydrogen-bond acceptors (Lipinski definition) is 2. The van der Waals surface area contributed by atoms with E-state index in [2.05, 4.69) is 18.9 Å². The van der Waals surface area contributed by atoms with Gasteiger partial charge in [0.25, 0.3) is 0 Å². The van der Waals surface area contributed by atoms with Gasteiger partial charge >= 0.3 is 0 Å². The first-order valence-electron chi connectivity index (χ1n) is 5.09. The number of hydrogen-bond donors (Lipinski definition) is 1. The minimum Gasteiger partial charge on any atom is -0.397 e. The van der Waals surface area contributed by atoms with Gasteiger partial charge in [-0.3, -0.25) is 0 Å². The average molecular weight is 201 g/mol. The van der Waals surface area contributed by atoms with Crippen LogP contribution in [0.15, 0.2) is 36.5 Å². The molecule has 2 aromatic rings. The number of benzene rings is 1. The molecule has 0 aliphatic rings. The highest BCUT2D eigenvalue weighted by molar-refractivity contribution is 5.56. The molecule has 2 rings (SSSR count). The van der Waals surface area contributed by atoms with Gasteiger partial charge in [0.15, 0.2) is 0 Å². The summed E-state index contributed by atoms with van der Waals surface area (Å²) in [5, 5.41) is 4.48. The van der Waals surface area contributed by atoms with Gasteiger partial charge in [-0.2, -0.15) is 5.10 Å². The molecular weight excluding hydrogens is 186 g/mol. The van der Waals surface area contributed by atoms with Crippen LogP contribution in [0.1, 0.15) is 25.5 Å². The van der Waals surface area contributed by atoms with Gasteiger partial charge in [-0.15, -0.1) is 0 Å². The quantitative estimate of drug-likeness (QED) is 0.759. The van der Waals surface area contributed by atoms with E-state index in [0.717, 1.165) is 17.1 Å². The Morgan fingerprint density at radius 1 is 1.20 bits per heavy atom. The standard InChI is InChI=1S/C12H15N3/c1-9(2)11-7-8-15(14-11)12-6-4-3-5-10(12)13/h3-9H,13H2,1-2H3. The van der Waals surface area contributed by atoms with Crippen LogP contribution in [0, 0.1) is 0 Å². The van der Waals surface area contributed by atoms with Crippen LogP contribution in [0.2, 0.25) is 0 Å². The summed E-state index contributed by atoms with van der Waals surface area (Å²) in [6.45, 7) is 4.25. The van der Waals surface area contributed by atoms with Gasteiger partial charge in [0.2, 0.25) is 0 Å². The highest BCUT2D eigenvalue weighted by Gasteiger charge is 2.05. The maximum Gasteiger partial charge on any atom is 0.0874 e. The second-order valence-electron chi connectivity index (χ2n) is 3.90. The first kappa shape index (κ1) is 9.77. The molecule has 78 valence electrons. The fourth-order valence-corrected chi connectivity index (χ4v) is 1.48. The zero-order valence-electron chi connectivity index (χ0n) is 9.01. The molecule has 15 heavy (non-hydrogen) atoms. The van der Waals surface area contributed by atoms with Crippen molar-refractivity contribution in [3.8, 4) is 5.69 Å². The molecule has 1 aromatic carbocycles. The fourth-order valence-electron chi connectivity index (χ4n) is 1.48. The Bertz CT molecular complexity index is 457. The van der Waals surface area contributed by atoms with Crippen molar-refractivity contribution in [3.63, 3.8) is 0 Å². The van der Waals surface area contributed by atoms with Gasteiger partial charge in [-0.1, -0.05) is 26.0 Å². The third kappa shape index (κ3) is 1.86. The van der Waals surface area contributed by atoms with Crippen LogP contribution >= 0.6 is 0 Å². The fraction of sp³-hybridized carbons (Fsp3) is 0.250. The number of anilines is 1. The summed E-state index contributed by atoms with van der Waals surface area (Å²) >= 11 is 0. The normalized spacial score (nSPS) is 10.9. The predicted molar refractivity (Wildman–Crippen MR) is 62.1 cm³/mol. The molecule has 0 unspecified atom stereocenters. The van der Waals surface area contributed by atoms with E-state index >= 15 is 0 Å². The van der Waals surface area contributed by atoms with Crippen LogP contribution in [0.5, 0.6) is 0 Å². The van der Waals surface area contributed by atoms with Gasteiger partial charge in [-0.25, -0.2) is 4.68 Å². The molecule has 0 amide bonds. The van der Waals surface area contributed by atoms with Crippen LogP contribution in [0.3, 0.4) is 0 Å². The summed E-state index contributed by atoms with van der Waals surface area (Å²) in [5.41, 5.74) is 8.64. The second-order valence-corrected chi connectivity index (χ2v) is 3.90. The lowest BCUT2D eigenvalue weighted by Gasteiger charge is -2.05. The Kier molecular flexibility index (Phi) is 2.46. The van der Waals surface area contributed by atoms with Crippen molar-refractivity contribution in [2.75, 3.05) is 5.73 Å². The van der Waals surface area contributed by atoms with E-state index in [1.54, 1.807) is 0 Å². The Balaban J connectivity index is 2.42. The number of nitrogens with two attached hydrogens (primary N) is 1. The van der Waals surface area contributed by atoms with Gasteiger partial charge in [0, 0.05) is 6.20 Å². The average Bonchev–Trinajstić information content (AvgIpc) is 2.67. The maximum atomic E-state index is 5.88. The molecular formula is C12H15N3. The zero-order valence-corrected chi connectivity index (χ0v) is 9.01. The van der Waals surface area contributed by atoms with Crippen molar-refractivity contribution in [1.29, 1.82) is 0 Å². The number of nitrogens with zero attached hydrogens (tertiary/aromatic N) is 2. The highest BCUT2D eigenvalue weighted by atomic mass is 15.3. The summed E-state index contributed by atoms with van der Waals surface area (Å²) < 4.78 is 1.82. The highest BCUT2D eigenvalue weighted by Crippen LogP contribution is 2.18. The second kappa shape index (κ2) is 3.77. The first-order chi connectivity index (χ1) is 7.18. The van der Waals surface area contributed by atoms with E-state index in [4.69, 9.17) is 5.73 Å². The summed E-state index contributed by atoms with van der Waals surface area (Å²) in [5.74, 6) is 0.441. The third-order valence-corrected chi connectivity index (χ3v) is 2.38.